The SMILES string of the molecule is CCOC(=O)CCCC(=O)c1ccc(NC(c2ccc(-c3nnc(-c4ccccc4)o3)cc2)C(C)C)cc1. The Morgan fingerprint density at radius 2 is 1.47 bits per heavy atom. The normalized spacial score (nSPS) is 11.8. The fourth-order valence-electron chi connectivity index (χ4n) is 4.21. The maximum Gasteiger partial charge on any atom is 0.305 e. The maximum atomic E-state index is 12.5. The average molecular weight is 512 g/mol. The lowest BCUT2D eigenvalue weighted by Crippen LogP contribution is -2.16. The minimum Gasteiger partial charge on any atom is -0.466 e. The van der Waals surface area contributed by atoms with Crippen molar-refractivity contribution in [2.75, 3.05) is 11.9 Å². The van der Waals surface area contributed by atoms with E-state index in [1.165, 1.54) is 0 Å². The van der Waals surface area contributed by atoms with E-state index < -0.39 is 0 Å². The first-order valence-corrected chi connectivity index (χ1v) is 13.0. The second-order valence-corrected chi connectivity index (χ2v) is 9.43. The molecule has 0 radical (unpaired) electrons. The largest absolute Gasteiger partial charge is 0.466 e. The highest BCUT2D eigenvalue weighted by Gasteiger charge is 2.17. The van der Waals surface area contributed by atoms with Gasteiger partial charge in [0.1, 0.15) is 0 Å². The molecule has 1 heterocycles. The van der Waals surface area contributed by atoms with Crippen LogP contribution < -0.4 is 5.32 Å². The predicted octanol–water partition coefficient (Wildman–Crippen LogP) is 7.13. The molecule has 1 aromatic heterocycles. The van der Waals surface area contributed by atoms with Crippen molar-refractivity contribution in [3.8, 4) is 22.9 Å². The number of ether oxygens (including phenoxy) is 1. The fourth-order valence-corrected chi connectivity index (χ4v) is 4.21. The number of ketones is 1. The third-order valence-electron chi connectivity index (χ3n) is 6.25. The Bertz CT molecular complexity index is 1330. The zero-order valence-electron chi connectivity index (χ0n) is 22.0. The first-order valence-electron chi connectivity index (χ1n) is 13.0. The Kier molecular flexibility index (Phi) is 9.03. The number of hydrogen-bond donors (Lipinski definition) is 1. The minimum absolute atomic E-state index is 0.0216. The smallest absolute Gasteiger partial charge is 0.305 e. The van der Waals surface area contributed by atoms with E-state index >= 15 is 0 Å². The van der Waals surface area contributed by atoms with E-state index in [2.05, 4.69) is 41.5 Å². The lowest BCUT2D eigenvalue weighted by molar-refractivity contribution is -0.143. The van der Waals surface area contributed by atoms with Gasteiger partial charge in [-0.15, -0.1) is 10.2 Å². The predicted molar refractivity (Wildman–Crippen MR) is 148 cm³/mol. The zero-order chi connectivity index (χ0) is 26.9. The van der Waals surface area contributed by atoms with Crippen LogP contribution in [-0.2, 0) is 9.53 Å². The second-order valence-electron chi connectivity index (χ2n) is 9.43. The van der Waals surface area contributed by atoms with Gasteiger partial charge in [-0.25, -0.2) is 0 Å². The van der Waals surface area contributed by atoms with Gasteiger partial charge in [-0.3, -0.25) is 9.59 Å². The van der Waals surface area contributed by atoms with Crippen LogP contribution in [0.25, 0.3) is 22.9 Å². The number of nitrogens with zero attached hydrogens (tertiary/aromatic N) is 2. The van der Waals surface area contributed by atoms with Gasteiger partial charge in [-0.1, -0.05) is 44.2 Å². The molecule has 0 aliphatic carbocycles. The zero-order valence-corrected chi connectivity index (χ0v) is 22.0. The molecule has 0 spiro atoms. The van der Waals surface area contributed by atoms with Gasteiger partial charge in [-0.05, 0) is 73.4 Å². The van der Waals surface area contributed by atoms with E-state index in [1.54, 1.807) is 6.92 Å². The molecular weight excluding hydrogens is 478 g/mol. The fraction of sp³-hybridized carbons (Fsp3) is 0.290. The van der Waals surface area contributed by atoms with E-state index in [1.807, 2.05) is 66.7 Å². The summed E-state index contributed by atoms with van der Waals surface area (Å²) < 4.78 is 10.8. The van der Waals surface area contributed by atoms with Crippen molar-refractivity contribution in [1.29, 1.82) is 0 Å². The van der Waals surface area contributed by atoms with Crippen LogP contribution in [0.15, 0.2) is 83.3 Å². The highest BCUT2D eigenvalue weighted by molar-refractivity contribution is 5.96. The molecule has 0 amide bonds. The van der Waals surface area contributed by atoms with Crippen LogP contribution in [0.1, 0.15) is 62.0 Å². The number of carbonyl (C=O) groups is 2. The number of benzene rings is 3. The summed E-state index contributed by atoms with van der Waals surface area (Å²) in [5.41, 5.74) is 4.44. The summed E-state index contributed by atoms with van der Waals surface area (Å²) in [6.07, 6.45) is 1.06. The van der Waals surface area contributed by atoms with Gasteiger partial charge < -0.3 is 14.5 Å². The molecule has 1 N–H and O–H groups in total. The molecule has 7 nitrogen and oxygen atoms in total. The van der Waals surface area contributed by atoms with Gasteiger partial charge in [0.25, 0.3) is 0 Å². The molecule has 4 aromatic rings. The summed E-state index contributed by atoms with van der Waals surface area (Å²) in [6.45, 7) is 6.46. The minimum atomic E-state index is -0.262. The first-order chi connectivity index (χ1) is 18.4. The van der Waals surface area contributed by atoms with Gasteiger partial charge in [0.05, 0.1) is 12.6 Å². The summed E-state index contributed by atoms with van der Waals surface area (Å²) in [5.74, 6) is 1.05. The molecule has 0 fully saturated rings. The second kappa shape index (κ2) is 12.8. The quantitative estimate of drug-likeness (QED) is 0.160. The maximum absolute atomic E-state index is 12.5. The lowest BCUT2D eigenvalue weighted by Gasteiger charge is -2.24. The van der Waals surface area contributed by atoms with Crippen molar-refractivity contribution in [2.45, 2.75) is 46.1 Å². The van der Waals surface area contributed by atoms with E-state index in [9.17, 15) is 9.59 Å². The molecule has 0 saturated heterocycles. The van der Waals surface area contributed by atoms with E-state index in [-0.39, 0.29) is 24.2 Å². The molecule has 0 aliphatic rings. The van der Waals surface area contributed by atoms with Crippen LogP contribution in [0.2, 0.25) is 0 Å². The van der Waals surface area contributed by atoms with Gasteiger partial charge in [-0.2, -0.15) is 0 Å². The highest BCUT2D eigenvalue weighted by atomic mass is 16.5. The molecule has 1 unspecified atom stereocenters. The molecule has 4 rings (SSSR count). The summed E-state index contributed by atoms with van der Waals surface area (Å²) in [4.78, 5) is 24.0. The van der Waals surface area contributed by atoms with Crippen LogP contribution >= 0.6 is 0 Å². The van der Waals surface area contributed by atoms with Crippen molar-refractivity contribution in [3.05, 3.63) is 90.0 Å². The number of carbonyl (C=O) groups excluding carboxylic acids is 2. The number of nitrogens with one attached hydrogen (secondary N) is 1. The summed E-state index contributed by atoms with van der Waals surface area (Å²) in [5, 5.41) is 12.0. The first kappa shape index (κ1) is 26.8. The van der Waals surface area contributed by atoms with Crippen molar-refractivity contribution in [1.82, 2.24) is 10.2 Å². The number of Topliss-reactive ketones (excluding diaryl/α,β-unsaturated/α-hetero) is 1. The van der Waals surface area contributed by atoms with Crippen LogP contribution in [0.3, 0.4) is 0 Å². The van der Waals surface area contributed by atoms with Crippen molar-refractivity contribution in [3.63, 3.8) is 0 Å². The third kappa shape index (κ3) is 6.94. The van der Waals surface area contributed by atoms with Gasteiger partial charge >= 0.3 is 5.97 Å². The Morgan fingerprint density at radius 3 is 2.08 bits per heavy atom. The molecule has 38 heavy (non-hydrogen) atoms. The highest BCUT2D eigenvalue weighted by Crippen LogP contribution is 2.30. The molecule has 0 bridgehead atoms. The van der Waals surface area contributed by atoms with Crippen LogP contribution in [0.5, 0.6) is 0 Å². The van der Waals surface area contributed by atoms with E-state index in [0.717, 1.165) is 22.4 Å². The van der Waals surface area contributed by atoms with Crippen LogP contribution in [0.4, 0.5) is 5.69 Å². The number of esters is 1. The Balaban J connectivity index is 1.38. The number of anilines is 1. The van der Waals surface area contributed by atoms with Crippen molar-refractivity contribution < 1.29 is 18.7 Å². The van der Waals surface area contributed by atoms with Gasteiger partial charge in [0, 0.05) is 35.2 Å². The summed E-state index contributed by atoms with van der Waals surface area (Å²) >= 11 is 0. The number of rotatable bonds is 12. The van der Waals surface area contributed by atoms with Gasteiger partial charge in [0.2, 0.25) is 11.8 Å². The standard InChI is InChI=1S/C31H33N3O4/c1-4-37-28(36)12-8-11-27(35)22-17-19-26(20-18-22)32-29(21(2)3)23-13-15-25(16-14-23)31-34-33-30(38-31)24-9-6-5-7-10-24/h5-7,9-10,13-21,29,32H,4,8,11-12H2,1-3H3. The topological polar surface area (TPSA) is 94.3 Å². The van der Waals surface area contributed by atoms with Crippen molar-refractivity contribution in [2.24, 2.45) is 5.92 Å². The Hall–Kier alpha value is -4.26. The average Bonchev–Trinajstić information content (AvgIpc) is 3.43. The number of hydrogen-bond acceptors (Lipinski definition) is 7. The molecule has 0 saturated carbocycles. The van der Waals surface area contributed by atoms with E-state index in [4.69, 9.17) is 9.15 Å². The summed E-state index contributed by atoms with van der Waals surface area (Å²) in [6, 6.07) is 25.4. The van der Waals surface area contributed by atoms with Crippen LogP contribution in [0, 0.1) is 5.92 Å². The van der Waals surface area contributed by atoms with Crippen LogP contribution in [-0.4, -0.2) is 28.6 Å². The molecule has 0 aliphatic heterocycles. The number of aromatic nitrogens is 2. The molecular formula is C31H33N3O4. The summed E-state index contributed by atoms with van der Waals surface area (Å²) in [7, 11) is 0. The molecule has 7 heteroatoms. The lowest BCUT2D eigenvalue weighted by atomic mass is 9.94. The molecule has 3 aromatic carbocycles. The Morgan fingerprint density at radius 1 is 0.842 bits per heavy atom. The molecule has 1 atom stereocenters. The van der Waals surface area contributed by atoms with Gasteiger partial charge in [0.15, 0.2) is 5.78 Å². The molecule has 196 valence electrons. The van der Waals surface area contributed by atoms with E-state index in [0.29, 0.717) is 42.7 Å². The Labute approximate surface area is 223 Å². The van der Waals surface area contributed by atoms with Crippen molar-refractivity contribution >= 4 is 17.4 Å². The monoisotopic (exact) mass is 511 g/mol. The third-order valence-corrected chi connectivity index (χ3v) is 6.25.